The maximum absolute atomic E-state index is 12.9. The summed E-state index contributed by atoms with van der Waals surface area (Å²) in [4.78, 5) is 0.285. The normalized spacial score (nSPS) is 18.2. The van der Waals surface area contributed by atoms with Crippen molar-refractivity contribution in [3.8, 4) is 0 Å². The van der Waals surface area contributed by atoms with Gasteiger partial charge in [-0.3, -0.25) is 5.10 Å². The van der Waals surface area contributed by atoms with Gasteiger partial charge in [0.2, 0.25) is 10.0 Å². The molecule has 2 heterocycles. The van der Waals surface area contributed by atoms with Crippen molar-refractivity contribution in [1.82, 2.24) is 14.5 Å². The lowest BCUT2D eigenvalue weighted by Crippen LogP contribution is -2.40. The van der Waals surface area contributed by atoms with Crippen LogP contribution in [-0.4, -0.2) is 47.7 Å². The Bertz CT molecular complexity index is 837. The average molecular weight is 398 g/mol. The first kappa shape index (κ1) is 19.4. The lowest BCUT2D eigenvalue weighted by Gasteiger charge is -2.35. The highest BCUT2D eigenvalue weighted by Gasteiger charge is 2.35. The third-order valence-electron chi connectivity index (χ3n) is 5.22. The smallest absolute Gasteiger partial charge is 0.246 e. The first-order chi connectivity index (χ1) is 12.3. The van der Waals surface area contributed by atoms with Crippen LogP contribution in [0.4, 0.5) is 0 Å². The summed E-state index contributed by atoms with van der Waals surface area (Å²) in [6.07, 6.45) is 1.42. The Morgan fingerprint density at radius 2 is 1.88 bits per heavy atom. The molecule has 0 radical (unpaired) electrons. The predicted molar refractivity (Wildman–Crippen MR) is 101 cm³/mol. The van der Waals surface area contributed by atoms with Gasteiger partial charge in [0.1, 0.15) is 4.90 Å². The molecule has 1 fully saturated rings. The Labute approximate surface area is 159 Å². The molecule has 1 aromatic carbocycles. The number of aryl methyl sites for hydroxylation is 2. The Hall–Kier alpha value is -1.41. The van der Waals surface area contributed by atoms with E-state index in [2.05, 4.69) is 10.2 Å². The monoisotopic (exact) mass is 397 g/mol. The van der Waals surface area contributed by atoms with Crippen LogP contribution in [0.25, 0.3) is 0 Å². The molecular weight excluding hydrogens is 374 g/mol. The molecule has 8 heteroatoms. The van der Waals surface area contributed by atoms with E-state index in [0.717, 1.165) is 5.56 Å². The molecule has 1 aliphatic heterocycles. The second kappa shape index (κ2) is 7.68. The zero-order valence-corrected chi connectivity index (χ0v) is 16.5. The lowest BCUT2D eigenvalue weighted by atomic mass is 9.81. The maximum Gasteiger partial charge on any atom is 0.246 e. The third-order valence-corrected chi connectivity index (χ3v) is 7.64. The number of aliphatic hydroxyl groups is 1. The summed E-state index contributed by atoms with van der Waals surface area (Å²) in [6, 6.07) is 7.52. The van der Waals surface area contributed by atoms with E-state index in [-0.39, 0.29) is 23.3 Å². The number of piperidine rings is 1. The van der Waals surface area contributed by atoms with Gasteiger partial charge in [-0.1, -0.05) is 23.7 Å². The van der Waals surface area contributed by atoms with E-state index in [9.17, 15) is 13.5 Å². The fourth-order valence-electron chi connectivity index (χ4n) is 3.80. The number of H-pyrrole nitrogens is 1. The number of aromatic amines is 1. The zero-order chi connectivity index (χ0) is 18.9. The number of aromatic nitrogens is 2. The van der Waals surface area contributed by atoms with E-state index < -0.39 is 10.0 Å². The van der Waals surface area contributed by atoms with Crippen LogP contribution in [0, 0.1) is 19.8 Å². The van der Waals surface area contributed by atoms with Gasteiger partial charge in [0.15, 0.2) is 0 Å². The number of hydrogen-bond donors (Lipinski definition) is 2. The fourth-order valence-corrected chi connectivity index (χ4v) is 5.73. The molecule has 0 saturated carbocycles. The Balaban J connectivity index is 1.73. The van der Waals surface area contributed by atoms with Crippen molar-refractivity contribution >= 4 is 21.6 Å². The SMILES string of the molecule is Cc1n[nH]c(C)c1S(=O)(=O)N1CCC(C(CO)c2ccc(Cl)cc2)CC1. The quantitative estimate of drug-likeness (QED) is 0.812. The summed E-state index contributed by atoms with van der Waals surface area (Å²) in [5, 5.41) is 17.3. The Kier molecular flexibility index (Phi) is 5.72. The minimum Gasteiger partial charge on any atom is -0.396 e. The number of benzene rings is 1. The molecule has 1 unspecified atom stereocenters. The van der Waals surface area contributed by atoms with Crippen molar-refractivity contribution in [2.24, 2.45) is 5.92 Å². The van der Waals surface area contributed by atoms with Gasteiger partial charge in [-0.15, -0.1) is 0 Å². The van der Waals surface area contributed by atoms with Crippen molar-refractivity contribution < 1.29 is 13.5 Å². The van der Waals surface area contributed by atoms with E-state index in [1.807, 2.05) is 24.3 Å². The van der Waals surface area contributed by atoms with E-state index in [0.29, 0.717) is 42.3 Å². The third kappa shape index (κ3) is 3.67. The number of hydrogen-bond acceptors (Lipinski definition) is 4. The molecule has 2 N–H and O–H groups in total. The van der Waals surface area contributed by atoms with Crippen molar-refractivity contribution in [3.63, 3.8) is 0 Å². The van der Waals surface area contributed by atoms with Gasteiger partial charge >= 0.3 is 0 Å². The second-order valence-corrected chi connectivity index (χ2v) is 9.16. The van der Waals surface area contributed by atoms with E-state index in [1.165, 1.54) is 4.31 Å². The van der Waals surface area contributed by atoms with Crippen LogP contribution in [-0.2, 0) is 10.0 Å². The number of aliphatic hydroxyl groups excluding tert-OH is 1. The molecule has 6 nitrogen and oxygen atoms in total. The molecule has 0 spiro atoms. The van der Waals surface area contributed by atoms with E-state index in [4.69, 9.17) is 11.6 Å². The van der Waals surface area contributed by atoms with Crippen LogP contribution >= 0.6 is 11.6 Å². The van der Waals surface area contributed by atoms with Gasteiger partial charge in [0.25, 0.3) is 0 Å². The first-order valence-corrected chi connectivity index (χ1v) is 10.5. The van der Waals surface area contributed by atoms with Crippen LogP contribution in [0.3, 0.4) is 0 Å². The minimum absolute atomic E-state index is 0.00508. The average Bonchev–Trinajstić information content (AvgIpc) is 2.97. The molecule has 26 heavy (non-hydrogen) atoms. The molecule has 1 aromatic heterocycles. The van der Waals surface area contributed by atoms with Crippen LogP contribution in [0.15, 0.2) is 29.2 Å². The largest absolute Gasteiger partial charge is 0.396 e. The van der Waals surface area contributed by atoms with E-state index >= 15 is 0 Å². The van der Waals surface area contributed by atoms with Crippen LogP contribution < -0.4 is 0 Å². The molecule has 1 saturated heterocycles. The topological polar surface area (TPSA) is 86.3 Å². The Morgan fingerprint density at radius 1 is 1.27 bits per heavy atom. The summed E-state index contributed by atoms with van der Waals surface area (Å²) in [5.74, 6) is 0.230. The number of nitrogens with one attached hydrogen (secondary N) is 1. The number of rotatable bonds is 5. The molecule has 1 atom stereocenters. The molecule has 2 aromatic rings. The van der Waals surface area contributed by atoms with Crippen LogP contribution in [0.1, 0.15) is 35.7 Å². The molecular formula is C18H24ClN3O3S. The predicted octanol–water partition coefficient (Wildman–Crippen LogP) is 2.86. The second-order valence-electron chi connectivity index (χ2n) is 6.85. The van der Waals surface area contributed by atoms with Crippen molar-refractivity contribution in [2.45, 2.75) is 37.5 Å². The molecule has 0 amide bonds. The molecule has 1 aliphatic rings. The fraction of sp³-hybridized carbons (Fsp3) is 0.500. The first-order valence-electron chi connectivity index (χ1n) is 8.72. The van der Waals surface area contributed by atoms with Gasteiger partial charge in [-0.25, -0.2) is 8.42 Å². The summed E-state index contributed by atoms with van der Waals surface area (Å²) >= 11 is 5.95. The minimum atomic E-state index is -3.55. The Morgan fingerprint density at radius 3 is 2.38 bits per heavy atom. The zero-order valence-electron chi connectivity index (χ0n) is 14.9. The lowest BCUT2D eigenvalue weighted by molar-refractivity contribution is 0.178. The molecule has 0 aliphatic carbocycles. The number of halogens is 1. The van der Waals surface area contributed by atoms with Gasteiger partial charge in [-0.05, 0) is 50.3 Å². The van der Waals surface area contributed by atoms with Crippen LogP contribution in [0.2, 0.25) is 5.02 Å². The number of nitrogens with zero attached hydrogens (tertiary/aromatic N) is 2. The highest BCUT2D eigenvalue weighted by molar-refractivity contribution is 7.89. The van der Waals surface area contributed by atoms with Crippen molar-refractivity contribution in [1.29, 1.82) is 0 Å². The van der Waals surface area contributed by atoms with Gasteiger partial charge < -0.3 is 5.11 Å². The standard InChI is InChI=1S/C18H24ClN3O3S/c1-12-18(13(2)21-20-12)26(24,25)22-9-7-15(8-10-22)17(11-23)14-3-5-16(19)6-4-14/h3-6,15,17,23H,7-11H2,1-2H3,(H,20,21). The summed E-state index contributed by atoms with van der Waals surface area (Å²) in [6.45, 7) is 4.36. The number of sulfonamides is 1. The van der Waals surface area contributed by atoms with Crippen LogP contribution in [0.5, 0.6) is 0 Å². The molecule has 0 bridgehead atoms. The molecule has 142 valence electrons. The van der Waals surface area contributed by atoms with Crippen molar-refractivity contribution in [2.75, 3.05) is 19.7 Å². The molecule has 3 rings (SSSR count). The summed E-state index contributed by atoms with van der Waals surface area (Å²) in [5.41, 5.74) is 2.11. The van der Waals surface area contributed by atoms with Gasteiger partial charge in [-0.2, -0.15) is 9.40 Å². The highest BCUT2D eigenvalue weighted by Crippen LogP contribution is 2.35. The van der Waals surface area contributed by atoms with Gasteiger partial charge in [0, 0.05) is 24.0 Å². The summed E-state index contributed by atoms with van der Waals surface area (Å²) < 4.78 is 27.4. The maximum atomic E-state index is 12.9. The van der Waals surface area contributed by atoms with Crippen molar-refractivity contribution in [3.05, 3.63) is 46.2 Å². The summed E-state index contributed by atoms with van der Waals surface area (Å²) in [7, 11) is -3.55. The van der Waals surface area contributed by atoms with Gasteiger partial charge in [0.05, 0.1) is 18.0 Å². The highest BCUT2D eigenvalue weighted by atomic mass is 35.5. The van der Waals surface area contributed by atoms with E-state index in [1.54, 1.807) is 13.8 Å².